The molecule has 3 aromatic carbocycles. The average Bonchev–Trinajstić information content (AvgIpc) is 2.78. The number of carboxylic acids is 1. The zero-order chi connectivity index (χ0) is 22.2. The number of halogens is 1. The number of ether oxygens (including phenoxy) is 1. The van der Waals surface area contributed by atoms with Crippen molar-refractivity contribution in [2.75, 3.05) is 7.05 Å². The highest BCUT2D eigenvalue weighted by molar-refractivity contribution is 6.30. The number of aliphatic carboxylic acids is 1. The molecule has 158 valence electrons. The maximum atomic E-state index is 11.9. The van der Waals surface area contributed by atoms with Gasteiger partial charge in [0.15, 0.2) is 0 Å². The molecule has 0 aliphatic carbocycles. The molecular formula is C25H23ClN2O3. The third-order valence-electron chi connectivity index (χ3n) is 4.62. The van der Waals surface area contributed by atoms with E-state index in [0.717, 1.165) is 5.56 Å². The Morgan fingerprint density at radius 1 is 1.13 bits per heavy atom. The molecule has 0 radical (unpaired) electrons. The van der Waals surface area contributed by atoms with Gasteiger partial charge >= 0.3 is 5.97 Å². The largest absolute Gasteiger partial charge is 0.478 e. The van der Waals surface area contributed by atoms with Gasteiger partial charge in [0.05, 0.1) is 6.34 Å². The van der Waals surface area contributed by atoms with Crippen LogP contribution in [0.4, 0.5) is 0 Å². The van der Waals surface area contributed by atoms with Gasteiger partial charge in [-0.15, -0.1) is 0 Å². The fraction of sp³-hybridized carbons (Fsp3) is 0.120. The summed E-state index contributed by atoms with van der Waals surface area (Å²) in [6.07, 6.45) is 0.502. The summed E-state index contributed by atoms with van der Waals surface area (Å²) >= 11 is 6.25. The quantitative estimate of drug-likeness (QED) is 0.348. The Kier molecular flexibility index (Phi) is 7.46. The lowest BCUT2D eigenvalue weighted by Gasteiger charge is -2.25. The summed E-state index contributed by atoms with van der Waals surface area (Å²) < 4.78 is 5.96. The molecule has 0 aliphatic rings. The number of hydrogen-bond donors (Lipinski definition) is 1. The summed E-state index contributed by atoms with van der Waals surface area (Å²) in [4.78, 5) is 17.9. The molecular weight excluding hydrogens is 412 g/mol. The predicted octanol–water partition coefficient (Wildman–Crippen LogP) is 5.68. The lowest BCUT2D eigenvalue weighted by molar-refractivity contribution is -0.145. The van der Waals surface area contributed by atoms with Crippen molar-refractivity contribution in [1.82, 2.24) is 4.90 Å². The Hall–Kier alpha value is -3.57. The van der Waals surface area contributed by atoms with Crippen LogP contribution in [0.3, 0.4) is 0 Å². The third kappa shape index (κ3) is 5.74. The molecule has 0 bridgehead atoms. The van der Waals surface area contributed by atoms with Crippen LogP contribution in [0.2, 0.25) is 5.02 Å². The van der Waals surface area contributed by atoms with Crippen molar-refractivity contribution in [2.24, 2.45) is 4.99 Å². The number of rotatable bonds is 9. The summed E-state index contributed by atoms with van der Waals surface area (Å²) in [6.45, 7) is 4.75. The summed E-state index contributed by atoms with van der Waals surface area (Å²) in [7, 11) is 1.68. The molecule has 0 aliphatic heterocycles. The van der Waals surface area contributed by atoms with E-state index in [1.54, 1.807) is 55.9 Å². The van der Waals surface area contributed by atoms with E-state index in [9.17, 15) is 9.90 Å². The summed E-state index contributed by atoms with van der Waals surface area (Å²) in [5, 5.41) is 10.2. The highest BCUT2D eigenvalue weighted by Gasteiger charge is 2.24. The normalized spacial score (nSPS) is 11.8. The van der Waals surface area contributed by atoms with E-state index < -0.39 is 12.1 Å². The van der Waals surface area contributed by atoms with Crippen molar-refractivity contribution in [1.29, 1.82) is 0 Å². The zero-order valence-electron chi connectivity index (χ0n) is 17.1. The van der Waals surface area contributed by atoms with E-state index >= 15 is 0 Å². The number of benzene rings is 3. The fourth-order valence-electron chi connectivity index (χ4n) is 3.13. The van der Waals surface area contributed by atoms with Crippen LogP contribution in [-0.2, 0) is 11.3 Å². The monoisotopic (exact) mass is 434 g/mol. The molecule has 0 heterocycles. The van der Waals surface area contributed by atoms with Crippen molar-refractivity contribution >= 4 is 29.6 Å². The van der Waals surface area contributed by atoms with Crippen LogP contribution in [0.15, 0.2) is 90.4 Å². The van der Waals surface area contributed by atoms with Crippen LogP contribution in [-0.4, -0.2) is 29.4 Å². The molecule has 0 saturated heterocycles. The molecule has 5 nitrogen and oxygen atoms in total. The van der Waals surface area contributed by atoms with E-state index in [1.807, 2.05) is 41.3 Å². The minimum Gasteiger partial charge on any atom is -0.478 e. The van der Waals surface area contributed by atoms with Gasteiger partial charge < -0.3 is 14.7 Å². The van der Waals surface area contributed by atoms with Crippen LogP contribution >= 0.6 is 11.6 Å². The Morgan fingerprint density at radius 3 is 2.39 bits per heavy atom. The van der Waals surface area contributed by atoms with E-state index in [1.165, 1.54) is 0 Å². The lowest BCUT2D eigenvalue weighted by Crippen LogP contribution is -2.22. The Balaban J connectivity index is 1.95. The minimum absolute atomic E-state index is 0.369. The number of carbonyl (C=O) groups is 1. The first-order valence-electron chi connectivity index (χ1n) is 9.65. The summed E-state index contributed by atoms with van der Waals surface area (Å²) in [5.74, 6) is -0.720. The van der Waals surface area contributed by atoms with Crippen molar-refractivity contribution in [3.8, 4) is 5.75 Å². The van der Waals surface area contributed by atoms with E-state index in [4.69, 9.17) is 16.3 Å². The van der Waals surface area contributed by atoms with Gasteiger partial charge in [0.25, 0.3) is 0 Å². The topological polar surface area (TPSA) is 62.1 Å². The van der Waals surface area contributed by atoms with Gasteiger partial charge in [-0.1, -0.05) is 78.8 Å². The number of aliphatic imine (C=N–C) groups is 1. The van der Waals surface area contributed by atoms with Crippen LogP contribution in [0.25, 0.3) is 5.70 Å². The van der Waals surface area contributed by atoms with Crippen molar-refractivity contribution < 1.29 is 14.6 Å². The maximum absolute atomic E-state index is 11.9. The molecule has 31 heavy (non-hydrogen) atoms. The van der Waals surface area contributed by atoms with Gasteiger partial charge in [-0.05, 0) is 23.8 Å². The average molecular weight is 435 g/mol. The van der Waals surface area contributed by atoms with Gasteiger partial charge in [-0.25, -0.2) is 4.79 Å². The van der Waals surface area contributed by atoms with Crippen LogP contribution in [0, 0.1) is 0 Å². The second kappa shape index (κ2) is 10.5. The highest BCUT2D eigenvalue weighted by atomic mass is 35.5. The minimum atomic E-state index is -1.17. The molecule has 1 N–H and O–H groups in total. The lowest BCUT2D eigenvalue weighted by atomic mass is 10.1. The molecule has 0 amide bonds. The van der Waals surface area contributed by atoms with Crippen molar-refractivity contribution in [3.05, 3.63) is 107 Å². The Morgan fingerprint density at radius 2 is 1.77 bits per heavy atom. The highest BCUT2D eigenvalue weighted by Crippen LogP contribution is 2.34. The van der Waals surface area contributed by atoms with Crippen LogP contribution in [0.1, 0.15) is 22.8 Å². The maximum Gasteiger partial charge on any atom is 0.349 e. The van der Waals surface area contributed by atoms with Gasteiger partial charge in [0.2, 0.25) is 6.10 Å². The van der Waals surface area contributed by atoms with Crippen LogP contribution < -0.4 is 4.74 Å². The summed E-state index contributed by atoms with van der Waals surface area (Å²) in [5.41, 5.74) is 2.79. The Labute approximate surface area is 186 Å². The van der Waals surface area contributed by atoms with Crippen LogP contribution in [0.5, 0.6) is 5.75 Å². The molecule has 6 heteroatoms. The molecule has 1 unspecified atom stereocenters. The summed E-state index contributed by atoms with van der Waals surface area (Å²) in [6, 6.07) is 23.7. The molecule has 0 aromatic heterocycles. The van der Waals surface area contributed by atoms with E-state index in [-0.39, 0.29) is 0 Å². The van der Waals surface area contributed by atoms with E-state index in [2.05, 4.69) is 11.6 Å². The van der Waals surface area contributed by atoms with Gasteiger partial charge in [0.1, 0.15) is 5.75 Å². The van der Waals surface area contributed by atoms with Gasteiger partial charge in [0, 0.05) is 35.4 Å². The molecule has 0 spiro atoms. The Bertz CT molecular complexity index is 1070. The fourth-order valence-corrected chi connectivity index (χ4v) is 3.30. The predicted molar refractivity (Wildman–Crippen MR) is 124 cm³/mol. The number of nitrogens with zero attached hydrogens (tertiary/aromatic N) is 2. The molecule has 3 rings (SSSR count). The number of hydrogen-bond acceptors (Lipinski definition) is 3. The van der Waals surface area contributed by atoms with E-state index in [0.29, 0.717) is 34.1 Å². The molecule has 0 saturated carbocycles. The zero-order valence-corrected chi connectivity index (χ0v) is 17.9. The first kappa shape index (κ1) is 22.1. The second-order valence-corrected chi connectivity index (χ2v) is 7.26. The number of carboxylic acid groups (broad SMARTS) is 1. The first-order chi connectivity index (χ1) is 15.0. The van der Waals surface area contributed by atoms with Gasteiger partial charge in [-0.3, -0.25) is 4.99 Å². The third-order valence-corrected chi connectivity index (χ3v) is 4.86. The SMILES string of the molecule is C=C(c1cc(Cl)ccc1OC(C(=O)O)c1ccccc1)N(C=NC)Cc1ccccc1. The molecule has 3 aromatic rings. The van der Waals surface area contributed by atoms with Crippen molar-refractivity contribution in [3.63, 3.8) is 0 Å². The standard InChI is InChI=1S/C25H23ClN2O3/c1-18(28(17-27-2)16-19-9-5-3-6-10-19)22-15-21(26)13-14-23(22)31-24(25(29)30)20-11-7-4-8-12-20/h3-15,17,24H,1,16H2,2H3,(H,29,30). The van der Waals surface area contributed by atoms with Crippen molar-refractivity contribution in [2.45, 2.75) is 12.6 Å². The van der Waals surface area contributed by atoms with Gasteiger partial charge in [-0.2, -0.15) is 0 Å². The second-order valence-electron chi connectivity index (χ2n) is 6.82. The molecule has 0 fully saturated rings. The molecule has 1 atom stereocenters. The smallest absolute Gasteiger partial charge is 0.349 e. The first-order valence-corrected chi connectivity index (χ1v) is 10.0.